The van der Waals surface area contributed by atoms with Crippen LogP contribution in [-0.2, 0) is 11.3 Å². The smallest absolute Gasteiger partial charge is 0.330 e. The van der Waals surface area contributed by atoms with E-state index >= 15 is 0 Å². The Morgan fingerprint density at radius 2 is 1.73 bits per heavy atom. The maximum absolute atomic E-state index is 12.6. The van der Waals surface area contributed by atoms with Crippen molar-refractivity contribution in [3.05, 3.63) is 86.6 Å². The van der Waals surface area contributed by atoms with Gasteiger partial charge in [-0.05, 0) is 23.8 Å². The highest BCUT2D eigenvalue weighted by molar-refractivity contribution is 5.98. The molecule has 0 atom stereocenters. The van der Waals surface area contributed by atoms with Crippen LogP contribution in [0.3, 0.4) is 0 Å². The van der Waals surface area contributed by atoms with Gasteiger partial charge < -0.3 is 20.9 Å². The maximum atomic E-state index is 12.6. The van der Waals surface area contributed by atoms with Gasteiger partial charge in [-0.25, -0.2) is 4.79 Å². The molecule has 0 aliphatic carbocycles. The van der Waals surface area contributed by atoms with Gasteiger partial charge in [0.25, 0.3) is 11.5 Å². The number of benzene rings is 2. The monoisotopic (exact) mass is 450 g/mol. The summed E-state index contributed by atoms with van der Waals surface area (Å²) < 4.78 is 1.25. The van der Waals surface area contributed by atoms with E-state index in [-0.39, 0.29) is 30.5 Å². The first kappa shape index (κ1) is 23.3. The van der Waals surface area contributed by atoms with Crippen molar-refractivity contribution in [1.29, 1.82) is 0 Å². The number of likely N-dealkylation sites (N-methyl/N-ethyl adjacent to an activating group) is 1. The lowest BCUT2D eigenvalue weighted by molar-refractivity contribution is -0.114. The van der Waals surface area contributed by atoms with Crippen molar-refractivity contribution in [2.45, 2.75) is 6.54 Å². The molecule has 0 unspecified atom stereocenters. The third-order valence-corrected chi connectivity index (χ3v) is 4.96. The number of anilines is 3. The number of hydrogen-bond donors (Lipinski definition) is 3. The van der Waals surface area contributed by atoms with Crippen LogP contribution in [0.15, 0.2) is 64.2 Å². The lowest BCUT2D eigenvalue weighted by Gasteiger charge is -2.21. The molecule has 2 aromatic carbocycles. The molecule has 0 saturated heterocycles. The molecular formula is C23H26N6O4. The van der Waals surface area contributed by atoms with Crippen LogP contribution in [0.5, 0.6) is 0 Å². The Hall–Kier alpha value is -4.34. The number of aromatic nitrogens is 2. The molecule has 0 saturated carbocycles. The van der Waals surface area contributed by atoms with E-state index in [9.17, 15) is 19.2 Å². The summed E-state index contributed by atoms with van der Waals surface area (Å²) in [5, 5.41) is 2.71. The second-order valence-electron chi connectivity index (χ2n) is 7.75. The first-order valence-corrected chi connectivity index (χ1v) is 10.2. The summed E-state index contributed by atoms with van der Waals surface area (Å²) in [5.74, 6) is -0.656. The second-order valence-corrected chi connectivity index (χ2v) is 7.75. The predicted molar refractivity (Wildman–Crippen MR) is 128 cm³/mol. The summed E-state index contributed by atoms with van der Waals surface area (Å²) in [6.07, 6.45) is 0. The van der Waals surface area contributed by atoms with Crippen LogP contribution < -0.4 is 27.2 Å². The number of rotatable bonds is 7. The number of aromatic amines is 1. The molecule has 1 aromatic heterocycles. The van der Waals surface area contributed by atoms with Crippen LogP contribution in [0.25, 0.3) is 0 Å². The zero-order valence-electron chi connectivity index (χ0n) is 18.7. The molecule has 0 fully saturated rings. The SMILES string of the molecule is CN(C)C(=O)c1cccc(NC(=O)CN(C)c2c(N)n(Cc3ccccc3)c(=O)[nH]c2=O)c1. The summed E-state index contributed by atoms with van der Waals surface area (Å²) in [7, 11) is 4.81. The molecule has 0 spiro atoms. The average Bonchev–Trinajstić information content (AvgIpc) is 2.76. The van der Waals surface area contributed by atoms with Crippen LogP contribution in [0, 0.1) is 0 Å². The van der Waals surface area contributed by atoms with E-state index in [1.165, 1.54) is 21.4 Å². The zero-order chi connectivity index (χ0) is 24.1. The summed E-state index contributed by atoms with van der Waals surface area (Å²) in [6, 6.07) is 15.7. The molecule has 0 aliphatic rings. The molecule has 10 nitrogen and oxygen atoms in total. The van der Waals surface area contributed by atoms with E-state index in [0.717, 1.165) is 5.56 Å². The fourth-order valence-electron chi connectivity index (χ4n) is 3.35. The number of carbonyl (C=O) groups is 2. The largest absolute Gasteiger partial charge is 0.383 e. The van der Waals surface area contributed by atoms with E-state index < -0.39 is 17.2 Å². The van der Waals surface area contributed by atoms with Gasteiger partial charge in [0, 0.05) is 32.4 Å². The molecule has 3 rings (SSSR count). The highest BCUT2D eigenvalue weighted by Crippen LogP contribution is 2.17. The number of nitrogens with zero attached hydrogens (tertiary/aromatic N) is 3. The van der Waals surface area contributed by atoms with Crippen LogP contribution in [0.2, 0.25) is 0 Å². The molecule has 3 aromatic rings. The minimum absolute atomic E-state index is 0.0113. The van der Waals surface area contributed by atoms with Crippen molar-refractivity contribution >= 4 is 29.0 Å². The van der Waals surface area contributed by atoms with Gasteiger partial charge in [-0.15, -0.1) is 0 Å². The summed E-state index contributed by atoms with van der Waals surface area (Å²) in [5.41, 5.74) is 6.57. The van der Waals surface area contributed by atoms with Crippen LogP contribution in [0.4, 0.5) is 17.2 Å². The number of amides is 2. The number of nitrogens with two attached hydrogens (primary N) is 1. The summed E-state index contributed by atoms with van der Waals surface area (Å²) >= 11 is 0. The van der Waals surface area contributed by atoms with Crippen LogP contribution in [-0.4, -0.2) is 54.0 Å². The summed E-state index contributed by atoms with van der Waals surface area (Å²) in [4.78, 5) is 54.6. The number of nitrogen functional groups attached to an aromatic ring is 1. The van der Waals surface area contributed by atoms with Gasteiger partial charge in [0.05, 0.1) is 13.1 Å². The van der Waals surface area contributed by atoms with Crippen molar-refractivity contribution in [2.75, 3.05) is 43.6 Å². The molecule has 0 bridgehead atoms. The number of H-pyrrole nitrogens is 1. The quantitative estimate of drug-likeness (QED) is 0.491. The maximum Gasteiger partial charge on any atom is 0.330 e. The van der Waals surface area contributed by atoms with Crippen molar-refractivity contribution in [2.24, 2.45) is 0 Å². The lowest BCUT2D eigenvalue weighted by Crippen LogP contribution is -2.39. The number of hydrogen-bond acceptors (Lipinski definition) is 6. The van der Waals surface area contributed by atoms with Crippen LogP contribution in [0.1, 0.15) is 15.9 Å². The predicted octanol–water partition coefficient (Wildman–Crippen LogP) is 0.944. The second kappa shape index (κ2) is 9.86. The van der Waals surface area contributed by atoms with Gasteiger partial charge in [0.2, 0.25) is 5.91 Å². The molecule has 0 aliphatic heterocycles. The van der Waals surface area contributed by atoms with E-state index in [4.69, 9.17) is 5.73 Å². The van der Waals surface area contributed by atoms with Gasteiger partial charge in [-0.3, -0.25) is 23.9 Å². The van der Waals surface area contributed by atoms with Crippen molar-refractivity contribution < 1.29 is 9.59 Å². The Balaban J connectivity index is 1.79. The topological polar surface area (TPSA) is 134 Å². The fourth-order valence-corrected chi connectivity index (χ4v) is 3.35. The van der Waals surface area contributed by atoms with Gasteiger partial charge in [-0.1, -0.05) is 36.4 Å². The summed E-state index contributed by atoms with van der Waals surface area (Å²) in [6.45, 7) is -0.0370. The molecule has 172 valence electrons. The third-order valence-electron chi connectivity index (χ3n) is 4.96. The van der Waals surface area contributed by atoms with Gasteiger partial charge in [-0.2, -0.15) is 0 Å². The molecule has 10 heteroatoms. The minimum atomic E-state index is -0.685. The van der Waals surface area contributed by atoms with Gasteiger partial charge in [0.1, 0.15) is 11.5 Å². The molecular weight excluding hydrogens is 424 g/mol. The fraction of sp³-hybridized carbons (Fsp3) is 0.217. The normalized spacial score (nSPS) is 10.5. The Bertz CT molecular complexity index is 1280. The highest BCUT2D eigenvalue weighted by Gasteiger charge is 2.19. The highest BCUT2D eigenvalue weighted by atomic mass is 16.2. The third kappa shape index (κ3) is 5.48. The molecule has 0 radical (unpaired) electrons. The number of nitrogens with one attached hydrogen (secondary N) is 2. The van der Waals surface area contributed by atoms with Gasteiger partial charge >= 0.3 is 5.69 Å². The Labute approximate surface area is 190 Å². The molecule has 2 amide bonds. The Kier molecular flexibility index (Phi) is 6.97. The zero-order valence-corrected chi connectivity index (χ0v) is 18.7. The van der Waals surface area contributed by atoms with Crippen LogP contribution >= 0.6 is 0 Å². The van der Waals surface area contributed by atoms with Crippen molar-refractivity contribution in [3.63, 3.8) is 0 Å². The van der Waals surface area contributed by atoms with E-state index in [2.05, 4.69) is 10.3 Å². The number of carbonyl (C=O) groups excluding carboxylic acids is 2. The molecule has 1 heterocycles. The van der Waals surface area contributed by atoms with Gasteiger partial charge in [0.15, 0.2) is 0 Å². The minimum Gasteiger partial charge on any atom is -0.383 e. The first-order valence-electron chi connectivity index (χ1n) is 10.2. The van der Waals surface area contributed by atoms with Crippen molar-refractivity contribution in [3.8, 4) is 0 Å². The Morgan fingerprint density at radius 1 is 1.03 bits per heavy atom. The average molecular weight is 450 g/mol. The molecule has 4 N–H and O–H groups in total. The molecule has 33 heavy (non-hydrogen) atoms. The van der Waals surface area contributed by atoms with E-state index in [1.807, 2.05) is 30.3 Å². The van der Waals surface area contributed by atoms with E-state index in [1.54, 1.807) is 38.4 Å². The standard InChI is InChI=1S/C23H26N6O4/c1-27(2)22(32)16-10-7-11-17(12-16)25-18(30)14-28(3)19-20(24)29(23(33)26-21(19)31)13-15-8-5-4-6-9-15/h4-12H,13-14,24H2,1-3H3,(H,25,30)(H,26,31,33). The van der Waals surface area contributed by atoms with E-state index in [0.29, 0.717) is 11.3 Å². The lowest BCUT2D eigenvalue weighted by atomic mass is 10.2. The van der Waals surface area contributed by atoms with Crippen molar-refractivity contribution in [1.82, 2.24) is 14.5 Å². The Morgan fingerprint density at radius 3 is 2.39 bits per heavy atom. The first-order chi connectivity index (χ1) is 15.7.